The molecule has 1 saturated carbocycles. The summed E-state index contributed by atoms with van der Waals surface area (Å²) in [7, 11) is 0. The topological polar surface area (TPSA) is 68.5 Å². The van der Waals surface area contributed by atoms with E-state index in [4.69, 9.17) is 17.3 Å². The molecule has 0 unspecified atom stereocenters. The van der Waals surface area contributed by atoms with E-state index in [0.29, 0.717) is 35.7 Å². The van der Waals surface area contributed by atoms with Crippen molar-refractivity contribution in [1.82, 2.24) is 9.55 Å². The summed E-state index contributed by atoms with van der Waals surface area (Å²) in [5.41, 5.74) is 6.81. The molecule has 2 fully saturated rings. The van der Waals surface area contributed by atoms with Crippen LogP contribution in [0.25, 0.3) is 21.9 Å². The van der Waals surface area contributed by atoms with Crippen LogP contribution in [0.2, 0.25) is 0 Å². The van der Waals surface area contributed by atoms with Crippen LogP contribution in [0, 0.1) is 18.2 Å². The molecule has 0 spiro atoms. The fourth-order valence-corrected chi connectivity index (χ4v) is 4.32. The molecule has 3 aromatic rings. The molecule has 0 atom stereocenters. The third-order valence-corrected chi connectivity index (χ3v) is 6.35. The lowest BCUT2D eigenvalue weighted by atomic mass is 10.1. The Bertz CT molecular complexity index is 1320. The number of anilines is 1. The summed E-state index contributed by atoms with van der Waals surface area (Å²) in [5.74, 6) is -0.162. The maximum absolute atomic E-state index is 14.8. The van der Waals surface area contributed by atoms with Crippen molar-refractivity contribution in [1.29, 1.82) is 0 Å². The Morgan fingerprint density at radius 1 is 1.00 bits per heavy atom. The molecule has 2 N–H and O–H groups in total. The van der Waals surface area contributed by atoms with Crippen molar-refractivity contribution in [3.05, 3.63) is 81.4 Å². The van der Waals surface area contributed by atoms with E-state index in [9.17, 15) is 13.6 Å². The van der Waals surface area contributed by atoms with E-state index in [1.54, 1.807) is 18.2 Å². The van der Waals surface area contributed by atoms with E-state index in [1.165, 1.54) is 28.8 Å². The lowest BCUT2D eigenvalue weighted by molar-refractivity contribution is 0.498. The number of halogens is 2. The van der Waals surface area contributed by atoms with Gasteiger partial charge in [-0.05, 0) is 55.4 Å². The second-order valence-corrected chi connectivity index (χ2v) is 8.69. The van der Waals surface area contributed by atoms with Gasteiger partial charge in [-0.15, -0.1) is 0 Å². The van der Waals surface area contributed by atoms with Crippen LogP contribution in [0.1, 0.15) is 37.2 Å². The molecule has 1 aliphatic heterocycles. The van der Waals surface area contributed by atoms with Crippen molar-refractivity contribution < 1.29 is 8.78 Å². The Morgan fingerprint density at radius 2 is 1.76 bits per heavy atom. The molecule has 8 heteroatoms. The molecule has 168 valence electrons. The summed E-state index contributed by atoms with van der Waals surface area (Å²) in [6, 6.07) is 10.4. The summed E-state index contributed by atoms with van der Waals surface area (Å²) in [6.07, 6.45) is 3.48. The predicted molar refractivity (Wildman–Crippen MR) is 123 cm³/mol. The summed E-state index contributed by atoms with van der Waals surface area (Å²) in [6.45, 7) is 8.41. The SMILES string of the molecule is [C-]#[N+]c1ccc(-c2nc(N3CCC(N)CC3)cc(=O)n2-c2ccc(C3CC3)c(F)c2)cc1F. The van der Waals surface area contributed by atoms with Crippen LogP contribution in [0.15, 0.2) is 47.3 Å². The van der Waals surface area contributed by atoms with Gasteiger partial charge in [0.1, 0.15) is 23.3 Å². The zero-order valence-corrected chi connectivity index (χ0v) is 18.0. The summed E-state index contributed by atoms with van der Waals surface area (Å²) in [4.78, 5) is 23.2. The highest BCUT2D eigenvalue weighted by Crippen LogP contribution is 2.41. The van der Waals surface area contributed by atoms with Crippen molar-refractivity contribution in [2.24, 2.45) is 5.73 Å². The van der Waals surface area contributed by atoms with Gasteiger partial charge in [0.2, 0.25) is 5.69 Å². The van der Waals surface area contributed by atoms with E-state index < -0.39 is 11.4 Å². The highest BCUT2D eigenvalue weighted by molar-refractivity contribution is 5.65. The number of nitrogens with two attached hydrogens (primary N) is 1. The molecular weight excluding hydrogens is 424 g/mol. The monoisotopic (exact) mass is 447 g/mol. The first-order valence-corrected chi connectivity index (χ1v) is 11.1. The molecule has 2 aromatic carbocycles. The maximum atomic E-state index is 14.8. The zero-order chi connectivity index (χ0) is 23.1. The predicted octanol–water partition coefficient (Wildman–Crippen LogP) is 4.53. The first-order chi connectivity index (χ1) is 15.9. The van der Waals surface area contributed by atoms with Crippen molar-refractivity contribution in [3.63, 3.8) is 0 Å². The Labute approximate surface area is 190 Å². The lowest BCUT2D eigenvalue weighted by Crippen LogP contribution is -2.40. The molecule has 0 radical (unpaired) electrons. The van der Waals surface area contributed by atoms with Gasteiger partial charge in [0, 0.05) is 30.8 Å². The molecule has 6 nitrogen and oxygen atoms in total. The summed E-state index contributed by atoms with van der Waals surface area (Å²) < 4.78 is 30.6. The maximum Gasteiger partial charge on any atom is 0.260 e. The number of piperidine rings is 1. The Morgan fingerprint density at radius 3 is 2.39 bits per heavy atom. The van der Waals surface area contributed by atoms with Crippen LogP contribution < -0.4 is 16.2 Å². The molecule has 1 aliphatic carbocycles. The van der Waals surface area contributed by atoms with Gasteiger partial charge in [-0.1, -0.05) is 18.2 Å². The molecule has 5 rings (SSSR count). The number of nitrogens with zero attached hydrogens (tertiary/aromatic N) is 4. The number of rotatable bonds is 4. The second-order valence-electron chi connectivity index (χ2n) is 8.69. The molecule has 0 amide bonds. The zero-order valence-electron chi connectivity index (χ0n) is 18.0. The van der Waals surface area contributed by atoms with Crippen LogP contribution in [0.4, 0.5) is 20.3 Å². The van der Waals surface area contributed by atoms with Gasteiger partial charge >= 0.3 is 0 Å². The summed E-state index contributed by atoms with van der Waals surface area (Å²) >= 11 is 0. The highest BCUT2D eigenvalue weighted by atomic mass is 19.1. The van der Waals surface area contributed by atoms with Crippen molar-refractivity contribution in [2.75, 3.05) is 18.0 Å². The quantitative estimate of drug-likeness (QED) is 0.597. The minimum absolute atomic E-state index is 0.115. The Kier molecular flexibility index (Phi) is 5.43. The molecule has 2 aliphatic rings. The van der Waals surface area contributed by atoms with E-state index in [0.717, 1.165) is 25.7 Å². The van der Waals surface area contributed by atoms with Gasteiger partial charge < -0.3 is 10.6 Å². The fraction of sp³-hybridized carbons (Fsp3) is 0.320. The molecule has 0 bridgehead atoms. The van der Waals surface area contributed by atoms with Crippen molar-refractivity contribution in [3.8, 4) is 17.1 Å². The molecule has 1 saturated heterocycles. The first-order valence-electron chi connectivity index (χ1n) is 11.1. The van der Waals surface area contributed by atoms with Gasteiger partial charge in [-0.2, -0.15) is 0 Å². The average molecular weight is 447 g/mol. The first kappa shape index (κ1) is 21.3. The third-order valence-electron chi connectivity index (χ3n) is 6.35. The van der Waals surface area contributed by atoms with Crippen LogP contribution in [0.3, 0.4) is 0 Å². The van der Waals surface area contributed by atoms with Crippen LogP contribution >= 0.6 is 0 Å². The van der Waals surface area contributed by atoms with Crippen LogP contribution in [-0.4, -0.2) is 28.7 Å². The highest BCUT2D eigenvalue weighted by Gasteiger charge is 2.27. The fourth-order valence-electron chi connectivity index (χ4n) is 4.32. The van der Waals surface area contributed by atoms with E-state index in [-0.39, 0.29) is 29.3 Å². The van der Waals surface area contributed by atoms with Gasteiger partial charge in [-0.3, -0.25) is 9.36 Å². The summed E-state index contributed by atoms with van der Waals surface area (Å²) in [5, 5.41) is 0. The normalized spacial score (nSPS) is 16.6. The Hall–Kier alpha value is -3.57. The Balaban J connectivity index is 1.66. The minimum atomic E-state index is -0.701. The average Bonchev–Trinajstić information content (AvgIpc) is 3.64. The van der Waals surface area contributed by atoms with Gasteiger partial charge in [0.05, 0.1) is 12.3 Å². The largest absolute Gasteiger partial charge is 0.356 e. The standard InChI is InChI=1S/C25H23F2N5O/c1-29-22-7-4-16(12-21(22)27)25-30-23(31-10-8-17(28)9-11-31)14-24(33)32(25)18-5-6-19(15-2-3-15)20(26)13-18/h4-7,12-15,17H,2-3,8-11,28H2. The molecule has 1 aromatic heterocycles. The number of benzene rings is 2. The van der Waals surface area contributed by atoms with Crippen LogP contribution in [0.5, 0.6) is 0 Å². The second kappa shape index (κ2) is 8.41. The van der Waals surface area contributed by atoms with Gasteiger partial charge in [0.25, 0.3) is 5.56 Å². The smallest absolute Gasteiger partial charge is 0.260 e. The van der Waals surface area contributed by atoms with Crippen molar-refractivity contribution in [2.45, 2.75) is 37.6 Å². The molecular formula is C25H23F2N5O. The number of hydrogen-bond acceptors (Lipinski definition) is 4. The number of aromatic nitrogens is 2. The van der Waals surface area contributed by atoms with E-state index in [2.05, 4.69) is 4.85 Å². The van der Waals surface area contributed by atoms with Crippen molar-refractivity contribution >= 4 is 11.5 Å². The number of hydrogen-bond donors (Lipinski definition) is 1. The van der Waals surface area contributed by atoms with E-state index >= 15 is 0 Å². The molecule has 2 heterocycles. The third kappa shape index (κ3) is 4.12. The van der Waals surface area contributed by atoms with Gasteiger partial charge in [0.15, 0.2) is 0 Å². The van der Waals surface area contributed by atoms with Crippen LogP contribution in [-0.2, 0) is 0 Å². The lowest BCUT2D eigenvalue weighted by Gasteiger charge is -2.31. The molecule has 33 heavy (non-hydrogen) atoms. The van der Waals surface area contributed by atoms with E-state index in [1.807, 2.05) is 4.90 Å². The minimum Gasteiger partial charge on any atom is -0.356 e. The van der Waals surface area contributed by atoms with Gasteiger partial charge in [-0.25, -0.2) is 18.6 Å².